The number of nitrogens with zero attached hydrogens (tertiary/aromatic N) is 3. The molecule has 0 heterocycles. The molecule has 0 saturated carbocycles. The quantitative estimate of drug-likeness (QED) is 0.449. The van der Waals surface area contributed by atoms with Gasteiger partial charge in [-0.1, -0.05) is 6.07 Å². The third kappa shape index (κ3) is 3.27. The normalized spacial score (nSPS) is 12.7. The zero-order chi connectivity index (χ0) is 16.2. The molecular weight excluding hydrogens is 298 g/mol. The highest BCUT2D eigenvalue weighted by molar-refractivity contribution is 7.89. The molecule has 0 spiro atoms. The lowest BCUT2D eigenvalue weighted by Gasteiger charge is -2.22. The molecule has 0 aromatic heterocycles. The summed E-state index contributed by atoms with van der Waals surface area (Å²) in [4.78, 5) is 9.85. The number of hydrogen-bond acceptors (Lipinski definition) is 7. The van der Waals surface area contributed by atoms with Gasteiger partial charge in [-0.05, 0) is 19.1 Å². The summed E-state index contributed by atoms with van der Waals surface area (Å²) >= 11 is 0. The number of sulfonamides is 1. The molecule has 1 aromatic rings. The fourth-order valence-corrected chi connectivity index (χ4v) is 3.23. The molecule has 21 heavy (non-hydrogen) atoms. The Labute approximate surface area is 122 Å². The second-order valence-corrected chi connectivity index (χ2v) is 6.25. The van der Waals surface area contributed by atoms with Crippen LogP contribution in [0.1, 0.15) is 13.3 Å². The summed E-state index contributed by atoms with van der Waals surface area (Å²) in [6, 6.07) is 5.02. The SMILES string of the molecule is CC(CC#N)N(C)S(=O)(=O)c1cccc(NN)c1[N+](=O)[O-]. The Morgan fingerprint density at radius 3 is 2.67 bits per heavy atom. The Morgan fingerprint density at radius 2 is 2.19 bits per heavy atom. The molecule has 0 radical (unpaired) electrons. The minimum Gasteiger partial charge on any atom is -0.318 e. The molecule has 1 atom stereocenters. The number of benzene rings is 1. The maximum atomic E-state index is 12.5. The van der Waals surface area contributed by atoms with E-state index in [1.165, 1.54) is 26.1 Å². The monoisotopic (exact) mass is 313 g/mol. The molecule has 0 amide bonds. The van der Waals surface area contributed by atoms with Gasteiger partial charge in [0, 0.05) is 13.1 Å². The van der Waals surface area contributed by atoms with Gasteiger partial charge in [0.1, 0.15) is 5.69 Å². The van der Waals surface area contributed by atoms with Gasteiger partial charge in [0.2, 0.25) is 10.0 Å². The summed E-state index contributed by atoms with van der Waals surface area (Å²) in [6.07, 6.45) is -0.0294. The summed E-state index contributed by atoms with van der Waals surface area (Å²) in [5.74, 6) is 5.18. The fraction of sp³-hybridized carbons (Fsp3) is 0.364. The van der Waals surface area contributed by atoms with Gasteiger partial charge in [-0.3, -0.25) is 16.0 Å². The molecule has 0 aliphatic rings. The van der Waals surface area contributed by atoms with E-state index >= 15 is 0 Å². The maximum absolute atomic E-state index is 12.5. The number of nitrogens with one attached hydrogen (secondary N) is 1. The van der Waals surface area contributed by atoms with Crippen molar-refractivity contribution in [1.29, 1.82) is 5.26 Å². The number of nitriles is 1. The average Bonchev–Trinajstić information content (AvgIpc) is 2.45. The summed E-state index contributed by atoms with van der Waals surface area (Å²) < 4.78 is 25.9. The van der Waals surface area contributed by atoms with E-state index in [0.717, 1.165) is 10.4 Å². The minimum absolute atomic E-state index is 0.0294. The van der Waals surface area contributed by atoms with Gasteiger partial charge in [0.05, 0.1) is 17.4 Å². The molecule has 0 bridgehead atoms. The van der Waals surface area contributed by atoms with Gasteiger partial charge in [0.15, 0.2) is 4.90 Å². The Bertz CT molecular complexity index is 682. The van der Waals surface area contributed by atoms with Crippen LogP contribution in [0.5, 0.6) is 0 Å². The van der Waals surface area contributed by atoms with E-state index in [9.17, 15) is 18.5 Å². The third-order valence-corrected chi connectivity index (χ3v) is 5.00. The number of anilines is 1. The second-order valence-electron chi connectivity index (χ2n) is 4.29. The third-order valence-electron chi connectivity index (χ3n) is 3.00. The Balaban J connectivity index is 3.46. The van der Waals surface area contributed by atoms with Crippen molar-refractivity contribution < 1.29 is 13.3 Å². The van der Waals surface area contributed by atoms with Crippen LogP contribution in [0.25, 0.3) is 0 Å². The van der Waals surface area contributed by atoms with Crippen molar-refractivity contribution in [1.82, 2.24) is 4.31 Å². The molecular formula is C11H15N5O4S. The van der Waals surface area contributed by atoms with E-state index in [0.29, 0.717) is 0 Å². The van der Waals surface area contributed by atoms with Crippen LogP contribution in [-0.2, 0) is 10.0 Å². The standard InChI is InChI=1S/C11H15N5O4S/c1-8(6-7-12)15(2)21(19,20)10-5-3-4-9(14-13)11(10)16(17)18/h3-5,8,14H,6,13H2,1-2H3. The number of rotatable bonds is 6. The lowest BCUT2D eigenvalue weighted by atomic mass is 10.3. The van der Waals surface area contributed by atoms with Crippen LogP contribution in [0.4, 0.5) is 11.4 Å². The van der Waals surface area contributed by atoms with Crippen molar-refractivity contribution >= 4 is 21.4 Å². The van der Waals surface area contributed by atoms with Gasteiger partial charge >= 0.3 is 5.69 Å². The summed E-state index contributed by atoms with van der Waals surface area (Å²) in [7, 11) is -2.86. The van der Waals surface area contributed by atoms with Gasteiger partial charge in [-0.15, -0.1) is 0 Å². The minimum atomic E-state index is -4.12. The Kier molecular flexibility index (Phi) is 5.20. The van der Waals surface area contributed by atoms with Crippen LogP contribution < -0.4 is 11.3 Å². The van der Waals surface area contributed by atoms with Crippen molar-refractivity contribution in [2.75, 3.05) is 12.5 Å². The largest absolute Gasteiger partial charge is 0.318 e. The van der Waals surface area contributed by atoms with E-state index < -0.39 is 31.6 Å². The predicted octanol–water partition coefficient (Wildman–Crippen LogP) is 0.803. The predicted molar refractivity (Wildman–Crippen MR) is 75.5 cm³/mol. The first-order valence-electron chi connectivity index (χ1n) is 5.86. The molecule has 0 aliphatic heterocycles. The highest BCUT2D eigenvalue weighted by Crippen LogP contribution is 2.33. The van der Waals surface area contributed by atoms with Crippen LogP contribution in [0, 0.1) is 21.4 Å². The molecule has 3 N–H and O–H groups in total. The highest BCUT2D eigenvalue weighted by atomic mass is 32.2. The highest BCUT2D eigenvalue weighted by Gasteiger charge is 2.33. The van der Waals surface area contributed by atoms with Gasteiger partial charge < -0.3 is 5.43 Å². The van der Waals surface area contributed by atoms with Gasteiger partial charge in [-0.2, -0.15) is 9.57 Å². The van der Waals surface area contributed by atoms with E-state index in [1.807, 2.05) is 6.07 Å². The van der Waals surface area contributed by atoms with Crippen molar-refractivity contribution in [2.24, 2.45) is 5.84 Å². The van der Waals surface area contributed by atoms with E-state index in [-0.39, 0.29) is 12.1 Å². The molecule has 0 saturated heterocycles. The smallest absolute Gasteiger partial charge is 0.313 e. The molecule has 1 unspecified atom stereocenters. The maximum Gasteiger partial charge on any atom is 0.313 e. The molecule has 1 rings (SSSR count). The zero-order valence-corrected chi connectivity index (χ0v) is 12.3. The van der Waals surface area contributed by atoms with Crippen LogP contribution in [0.15, 0.2) is 23.1 Å². The summed E-state index contributed by atoms with van der Waals surface area (Å²) in [5.41, 5.74) is 1.37. The van der Waals surface area contributed by atoms with E-state index in [1.54, 1.807) is 0 Å². The van der Waals surface area contributed by atoms with Crippen LogP contribution in [-0.4, -0.2) is 30.7 Å². The molecule has 9 nitrogen and oxygen atoms in total. The molecule has 0 fully saturated rings. The Hall–Kier alpha value is -2.22. The summed E-state index contributed by atoms with van der Waals surface area (Å²) in [6.45, 7) is 1.54. The zero-order valence-electron chi connectivity index (χ0n) is 11.5. The summed E-state index contributed by atoms with van der Waals surface area (Å²) in [5, 5.41) is 19.8. The van der Waals surface area contributed by atoms with Crippen molar-refractivity contribution in [3.05, 3.63) is 28.3 Å². The Morgan fingerprint density at radius 1 is 1.57 bits per heavy atom. The van der Waals surface area contributed by atoms with Crippen LogP contribution in [0.3, 0.4) is 0 Å². The lowest BCUT2D eigenvalue weighted by molar-refractivity contribution is -0.386. The molecule has 1 aromatic carbocycles. The molecule has 10 heteroatoms. The number of nitro benzene ring substituents is 1. The first-order valence-corrected chi connectivity index (χ1v) is 7.30. The van der Waals surface area contributed by atoms with Gasteiger partial charge in [-0.25, -0.2) is 8.42 Å². The molecule has 114 valence electrons. The first-order chi connectivity index (χ1) is 9.77. The average molecular weight is 313 g/mol. The van der Waals surface area contributed by atoms with Crippen molar-refractivity contribution in [3.8, 4) is 6.07 Å². The topological polar surface area (TPSA) is 142 Å². The number of nitrogen functional groups attached to an aromatic ring is 1. The number of para-hydroxylation sites is 1. The number of hydrazine groups is 1. The van der Waals surface area contributed by atoms with E-state index in [4.69, 9.17) is 11.1 Å². The fourth-order valence-electron chi connectivity index (χ4n) is 1.69. The van der Waals surface area contributed by atoms with Crippen LogP contribution >= 0.6 is 0 Å². The number of nitro groups is 1. The number of nitrogens with two attached hydrogens (primary N) is 1. The lowest BCUT2D eigenvalue weighted by Crippen LogP contribution is -2.35. The second kappa shape index (κ2) is 6.49. The van der Waals surface area contributed by atoms with Crippen molar-refractivity contribution in [3.63, 3.8) is 0 Å². The first kappa shape index (κ1) is 16.8. The van der Waals surface area contributed by atoms with Crippen molar-refractivity contribution in [2.45, 2.75) is 24.3 Å². The van der Waals surface area contributed by atoms with Gasteiger partial charge in [0.25, 0.3) is 0 Å². The van der Waals surface area contributed by atoms with Crippen LogP contribution in [0.2, 0.25) is 0 Å². The number of hydrogen-bond donors (Lipinski definition) is 2. The molecule has 0 aliphatic carbocycles. The van der Waals surface area contributed by atoms with E-state index in [2.05, 4.69) is 5.43 Å².